The molecule has 0 bridgehead atoms. The first-order valence-electron chi connectivity index (χ1n) is 8.73. The molecule has 1 fully saturated rings. The van der Waals surface area contributed by atoms with E-state index in [1.54, 1.807) is 0 Å². The summed E-state index contributed by atoms with van der Waals surface area (Å²) in [5.41, 5.74) is 1.51. The molecule has 2 heterocycles. The third-order valence-corrected chi connectivity index (χ3v) is 4.79. The van der Waals surface area contributed by atoms with Gasteiger partial charge < -0.3 is 15.0 Å². The van der Waals surface area contributed by atoms with Crippen LogP contribution in [0.3, 0.4) is 0 Å². The molecular formula is C17H33IN4O. The fourth-order valence-corrected chi connectivity index (χ4v) is 3.43. The third kappa shape index (κ3) is 6.23. The smallest absolute Gasteiger partial charge is 0.193 e. The second kappa shape index (κ2) is 11.3. The maximum Gasteiger partial charge on any atom is 0.193 e. The summed E-state index contributed by atoms with van der Waals surface area (Å²) < 4.78 is 5.35. The van der Waals surface area contributed by atoms with Crippen molar-refractivity contribution in [2.75, 3.05) is 53.0 Å². The lowest BCUT2D eigenvalue weighted by Crippen LogP contribution is -2.43. The first-order chi connectivity index (χ1) is 10.8. The van der Waals surface area contributed by atoms with Gasteiger partial charge in [0.25, 0.3) is 0 Å². The zero-order valence-electron chi connectivity index (χ0n) is 14.9. The lowest BCUT2D eigenvalue weighted by molar-refractivity contribution is 0.153. The topological polar surface area (TPSA) is 40.1 Å². The van der Waals surface area contributed by atoms with Gasteiger partial charge in [0.05, 0.1) is 13.2 Å². The van der Waals surface area contributed by atoms with E-state index in [4.69, 9.17) is 4.74 Å². The summed E-state index contributed by atoms with van der Waals surface area (Å²) in [6.45, 7) is 11.6. The van der Waals surface area contributed by atoms with Crippen LogP contribution in [0.1, 0.15) is 33.1 Å². The summed E-state index contributed by atoms with van der Waals surface area (Å²) in [5, 5.41) is 3.53. The van der Waals surface area contributed by atoms with Crippen LogP contribution in [-0.2, 0) is 4.74 Å². The summed E-state index contributed by atoms with van der Waals surface area (Å²) in [6, 6.07) is 0.673. The van der Waals surface area contributed by atoms with Gasteiger partial charge in [0.1, 0.15) is 0 Å². The van der Waals surface area contributed by atoms with Crippen molar-refractivity contribution in [2.24, 2.45) is 4.99 Å². The van der Waals surface area contributed by atoms with Gasteiger partial charge in [-0.25, -0.2) is 0 Å². The standard InChI is InChI=1S/C17H32N4O.HI/c1-4-20(5-2)16-7-11-21(14-16)17(18-3)19-10-6-15-8-12-22-13-9-15;/h8,16H,4-7,9-14H2,1-3H3,(H,18,19);1H. The Labute approximate surface area is 158 Å². The first-order valence-corrected chi connectivity index (χ1v) is 8.73. The van der Waals surface area contributed by atoms with Crippen LogP contribution >= 0.6 is 24.0 Å². The Kier molecular flexibility index (Phi) is 10.1. The predicted octanol–water partition coefficient (Wildman–Crippen LogP) is 2.33. The predicted molar refractivity (Wildman–Crippen MR) is 108 cm³/mol. The van der Waals surface area contributed by atoms with Crippen molar-refractivity contribution in [1.82, 2.24) is 15.1 Å². The van der Waals surface area contributed by atoms with Gasteiger partial charge in [-0.3, -0.25) is 9.89 Å². The highest BCUT2D eigenvalue weighted by Crippen LogP contribution is 2.16. The number of likely N-dealkylation sites (N-methyl/N-ethyl adjacent to an activating group) is 1. The number of halogens is 1. The van der Waals surface area contributed by atoms with Gasteiger partial charge in [0.2, 0.25) is 0 Å². The maximum atomic E-state index is 5.35. The number of hydrogen-bond donors (Lipinski definition) is 1. The molecule has 5 nitrogen and oxygen atoms in total. The molecule has 1 saturated heterocycles. The van der Waals surface area contributed by atoms with E-state index in [0.29, 0.717) is 6.04 Å². The van der Waals surface area contributed by atoms with Crippen LogP contribution < -0.4 is 5.32 Å². The van der Waals surface area contributed by atoms with Crippen molar-refractivity contribution in [3.63, 3.8) is 0 Å². The van der Waals surface area contributed by atoms with Crippen LogP contribution in [0.4, 0.5) is 0 Å². The van der Waals surface area contributed by atoms with E-state index in [9.17, 15) is 0 Å². The molecule has 0 aromatic rings. The Morgan fingerprint density at radius 1 is 1.43 bits per heavy atom. The lowest BCUT2D eigenvalue weighted by Gasteiger charge is -2.27. The molecule has 23 heavy (non-hydrogen) atoms. The molecule has 1 atom stereocenters. The number of ether oxygens (including phenoxy) is 1. The molecule has 2 rings (SSSR count). The molecule has 0 saturated carbocycles. The van der Waals surface area contributed by atoms with Gasteiger partial charge in [0, 0.05) is 32.7 Å². The van der Waals surface area contributed by atoms with Gasteiger partial charge in [-0.1, -0.05) is 25.5 Å². The molecule has 6 heteroatoms. The fourth-order valence-electron chi connectivity index (χ4n) is 3.43. The molecule has 0 aromatic heterocycles. The summed E-state index contributed by atoms with van der Waals surface area (Å²) in [6.07, 6.45) is 5.63. The molecule has 1 unspecified atom stereocenters. The van der Waals surface area contributed by atoms with Gasteiger partial charge in [0.15, 0.2) is 5.96 Å². The number of rotatable bonds is 6. The van der Waals surface area contributed by atoms with E-state index in [1.807, 2.05) is 7.05 Å². The second-order valence-electron chi connectivity index (χ2n) is 6.02. The molecule has 0 aliphatic carbocycles. The Balaban J connectivity index is 0.00000264. The minimum absolute atomic E-state index is 0. The number of hydrogen-bond acceptors (Lipinski definition) is 3. The van der Waals surface area contributed by atoms with Crippen molar-refractivity contribution in [3.8, 4) is 0 Å². The molecule has 0 radical (unpaired) electrons. The van der Waals surface area contributed by atoms with E-state index in [2.05, 4.69) is 40.0 Å². The molecule has 1 N–H and O–H groups in total. The highest BCUT2D eigenvalue weighted by molar-refractivity contribution is 14.0. The Morgan fingerprint density at radius 3 is 2.83 bits per heavy atom. The maximum absolute atomic E-state index is 5.35. The average molecular weight is 436 g/mol. The summed E-state index contributed by atoms with van der Waals surface area (Å²) in [7, 11) is 1.89. The van der Waals surface area contributed by atoms with Crippen LogP contribution in [0, 0.1) is 0 Å². The quantitative estimate of drug-likeness (QED) is 0.300. The van der Waals surface area contributed by atoms with E-state index in [1.165, 1.54) is 12.0 Å². The molecule has 0 aromatic carbocycles. The second-order valence-corrected chi connectivity index (χ2v) is 6.02. The van der Waals surface area contributed by atoms with Crippen molar-refractivity contribution >= 4 is 29.9 Å². The largest absolute Gasteiger partial charge is 0.377 e. The highest BCUT2D eigenvalue weighted by atomic mass is 127. The van der Waals surface area contributed by atoms with Crippen LogP contribution in [0.5, 0.6) is 0 Å². The van der Waals surface area contributed by atoms with Crippen LogP contribution in [0.25, 0.3) is 0 Å². The minimum Gasteiger partial charge on any atom is -0.377 e. The molecule has 134 valence electrons. The Bertz CT molecular complexity index is 396. The molecule has 2 aliphatic rings. The number of likely N-dealkylation sites (tertiary alicyclic amines) is 1. The number of guanidine groups is 1. The van der Waals surface area contributed by atoms with E-state index < -0.39 is 0 Å². The van der Waals surface area contributed by atoms with Gasteiger partial charge >= 0.3 is 0 Å². The lowest BCUT2D eigenvalue weighted by atomic mass is 10.1. The highest BCUT2D eigenvalue weighted by Gasteiger charge is 2.27. The summed E-state index contributed by atoms with van der Waals surface area (Å²) in [5.74, 6) is 1.06. The molecular weight excluding hydrogens is 403 g/mol. The van der Waals surface area contributed by atoms with E-state index in [0.717, 1.165) is 64.7 Å². The van der Waals surface area contributed by atoms with Gasteiger partial charge in [-0.05, 0) is 32.4 Å². The Hall–Kier alpha value is -0.340. The number of aliphatic imine (C=N–C) groups is 1. The van der Waals surface area contributed by atoms with Crippen LogP contribution in [0.15, 0.2) is 16.6 Å². The monoisotopic (exact) mass is 436 g/mol. The van der Waals surface area contributed by atoms with E-state index in [-0.39, 0.29) is 24.0 Å². The third-order valence-electron chi connectivity index (χ3n) is 4.79. The Morgan fingerprint density at radius 2 is 2.22 bits per heavy atom. The van der Waals surface area contributed by atoms with Crippen molar-refractivity contribution in [3.05, 3.63) is 11.6 Å². The van der Waals surface area contributed by atoms with Crippen molar-refractivity contribution < 1.29 is 4.74 Å². The SMILES string of the molecule is CCN(CC)C1CCN(C(=NC)NCCC2=CCOCC2)C1.I. The van der Waals surface area contributed by atoms with Crippen LogP contribution in [-0.4, -0.2) is 74.8 Å². The normalized spacial score (nSPS) is 22.1. The van der Waals surface area contributed by atoms with Crippen LogP contribution in [0.2, 0.25) is 0 Å². The molecule has 0 spiro atoms. The van der Waals surface area contributed by atoms with E-state index >= 15 is 0 Å². The fraction of sp³-hybridized carbons (Fsp3) is 0.824. The number of nitrogens with zero attached hydrogens (tertiary/aromatic N) is 3. The number of nitrogens with one attached hydrogen (secondary N) is 1. The van der Waals surface area contributed by atoms with Crippen molar-refractivity contribution in [1.29, 1.82) is 0 Å². The average Bonchev–Trinajstić information content (AvgIpc) is 3.03. The summed E-state index contributed by atoms with van der Waals surface area (Å²) in [4.78, 5) is 9.43. The van der Waals surface area contributed by atoms with Gasteiger partial charge in [-0.15, -0.1) is 24.0 Å². The minimum atomic E-state index is 0. The zero-order valence-corrected chi connectivity index (χ0v) is 17.2. The summed E-state index contributed by atoms with van der Waals surface area (Å²) >= 11 is 0. The molecule has 0 amide bonds. The zero-order chi connectivity index (χ0) is 15.8. The first kappa shape index (κ1) is 20.7. The van der Waals surface area contributed by atoms with Crippen molar-refractivity contribution in [2.45, 2.75) is 39.2 Å². The van der Waals surface area contributed by atoms with Gasteiger partial charge in [-0.2, -0.15) is 0 Å². The molecule has 2 aliphatic heterocycles.